The Morgan fingerprint density at radius 2 is 2.43 bits per heavy atom. The quantitative estimate of drug-likeness (QED) is 0.577. The van der Waals surface area contributed by atoms with Crippen LogP contribution in [0.5, 0.6) is 0 Å². The Bertz CT molecular complexity index is 401. The lowest BCUT2D eigenvalue weighted by Gasteiger charge is -2.21. The number of halogens is 1. The molecule has 1 aliphatic heterocycles. The van der Waals surface area contributed by atoms with Crippen LogP contribution in [0, 0.1) is 11.3 Å². The van der Waals surface area contributed by atoms with Crippen LogP contribution in [0.25, 0.3) is 0 Å². The van der Waals surface area contributed by atoms with Crippen LogP contribution in [0.4, 0.5) is 0 Å². The highest BCUT2D eigenvalue weighted by Crippen LogP contribution is 2.29. The van der Waals surface area contributed by atoms with E-state index in [4.69, 9.17) is 5.26 Å². The molecule has 0 aromatic heterocycles. The molecule has 0 aromatic carbocycles. The molecular weight excluding hydrogens is 246 g/mol. The molecule has 1 rings (SSSR count). The van der Waals surface area contributed by atoms with E-state index in [9.17, 15) is 5.11 Å². The number of rotatable bonds is 1. The number of hydrogen-bond acceptors (Lipinski definition) is 4. The number of allylic oxidation sites excluding steroid dienone is 3. The van der Waals surface area contributed by atoms with Gasteiger partial charge in [-0.1, -0.05) is 0 Å². The molecule has 0 fully saturated rings. The summed E-state index contributed by atoms with van der Waals surface area (Å²) in [6.07, 6.45) is 2.88. The molecule has 0 bridgehead atoms. The van der Waals surface area contributed by atoms with Gasteiger partial charge < -0.3 is 5.11 Å². The Labute approximate surface area is 90.3 Å². The van der Waals surface area contributed by atoms with Crippen LogP contribution in [-0.2, 0) is 0 Å². The van der Waals surface area contributed by atoms with Gasteiger partial charge in [-0.3, -0.25) is 0 Å². The van der Waals surface area contributed by atoms with Crippen LogP contribution in [0.1, 0.15) is 6.92 Å². The molecule has 0 aliphatic carbocycles. The first-order valence-corrected chi connectivity index (χ1v) is 4.54. The lowest BCUT2D eigenvalue weighted by Crippen LogP contribution is -2.15. The Balaban J connectivity index is 3.28. The second kappa shape index (κ2) is 4.11. The first-order valence-electron chi connectivity index (χ1n) is 3.75. The maximum absolute atomic E-state index is 9.27. The summed E-state index contributed by atoms with van der Waals surface area (Å²) in [6, 6.07) is 2.01. The molecule has 1 N–H and O–H groups in total. The van der Waals surface area contributed by atoms with Gasteiger partial charge in [0.05, 0.1) is 23.5 Å². The van der Waals surface area contributed by atoms with Crippen LogP contribution in [0.3, 0.4) is 0 Å². The van der Waals surface area contributed by atoms with Crippen LogP contribution < -0.4 is 0 Å². The third-order valence-corrected chi connectivity index (χ3v) is 2.26. The smallest absolute Gasteiger partial charge is 0.135 e. The summed E-state index contributed by atoms with van der Waals surface area (Å²) in [5.41, 5.74) is 1.07. The van der Waals surface area contributed by atoms with E-state index < -0.39 is 0 Å². The molecule has 0 saturated heterocycles. The monoisotopic (exact) mass is 253 g/mol. The number of hydrogen-bond donors (Lipinski definition) is 1. The van der Waals surface area contributed by atoms with Crippen LogP contribution in [0.15, 0.2) is 38.9 Å². The molecule has 0 spiro atoms. The van der Waals surface area contributed by atoms with Gasteiger partial charge in [0.15, 0.2) is 0 Å². The molecule has 14 heavy (non-hydrogen) atoms. The summed E-state index contributed by atoms with van der Waals surface area (Å²) >= 11 is 3.24. The zero-order valence-electron chi connectivity index (χ0n) is 7.53. The van der Waals surface area contributed by atoms with E-state index in [1.165, 1.54) is 17.3 Å². The minimum absolute atomic E-state index is 0.0544. The van der Waals surface area contributed by atoms with Crippen molar-refractivity contribution in [3.8, 4) is 6.07 Å². The average molecular weight is 254 g/mol. The van der Waals surface area contributed by atoms with Crippen molar-refractivity contribution in [2.75, 3.05) is 0 Å². The highest BCUT2D eigenvalue weighted by molar-refractivity contribution is 9.12. The first kappa shape index (κ1) is 10.5. The van der Waals surface area contributed by atoms with Crippen molar-refractivity contribution >= 4 is 22.6 Å². The molecule has 1 aliphatic rings. The molecule has 0 unspecified atom stereocenters. The maximum Gasteiger partial charge on any atom is 0.135 e. The molecule has 0 atom stereocenters. The fourth-order valence-electron chi connectivity index (χ4n) is 1.05. The van der Waals surface area contributed by atoms with Crippen molar-refractivity contribution in [1.82, 2.24) is 5.01 Å². The first-order chi connectivity index (χ1) is 6.60. The Morgan fingerprint density at radius 3 is 2.93 bits per heavy atom. The van der Waals surface area contributed by atoms with Gasteiger partial charge in [0.1, 0.15) is 5.76 Å². The van der Waals surface area contributed by atoms with Gasteiger partial charge in [-0.05, 0) is 28.9 Å². The van der Waals surface area contributed by atoms with Crippen molar-refractivity contribution in [1.29, 1.82) is 5.26 Å². The van der Waals surface area contributed by atoms with Crippen LogP contribution in [0.2, 0.25) is 0 Å². The maximum atomic E-state index is 9.27. The van der Waals surface area contributed by atoms with Crippen molar-refractivity contribution in [2.24, 2.45) is 5.10 Å². The van der Waals surface area contributed by atoms with Gasteiger partial charge in [0.2, 0.25) is 0 Å². The number of nitriles is 1. The standard InChI is InChI=1S/C9H8BrN3O/c1-6(4-11)9-8(10)3-7(14)5-13(9)12-2/h3,5,14H,2H2,1H3/b9-6+. The van der Waals surface area contributed by atoms with Gasteiger partial charge in [0, 0.05) is 11.2 Å². The SMILES string of the molecule is C=NN1C=C(O)C=C(Br)/C1=C(/C)C#N. The Kier molecular flexibility index (Phi) is 3.10. The zero-order chi connectivity index (χ0) is 10.7. The second-order valence-corrected chi connectivity index (χ2v) is 3.47. The van der Waals surface area contributed by atoms with Gasteiger partial charge in [-0.2, -0.15) is 10.4 Å². The van der Waals surface area contributed by atoms with Crippen LogP contribution in [-0.4, -0.2) is 16.8 Å². The molecule has 72 valence electrons. The van der Waals surface area contributed by atoms with Gasteiger partial charge in [-0.15, -0.1) is 0 Å². The van der Waals surface area contributed by atoms with E-state index >= 15 is 0 Å². The summed E-state index contributed by atoms with van der Waals surface area (Å²) in [5.74, 6) is 0.0544. The van der Waals surface area contributed by atoms with E-state index in [1.54, 1.807) is 6.92 Å². The van der Waals surface area contributed by atoms with Crippen molar-refractivity contribution in [2.45, 2.75) is 6.92 Å². The largest absolute Gasteiger partial charge is 0.506 e. The Morgan fingerprint density at radius 1 is 1.79 bits per heavy atom. The molecule has 0 radical (unpaired) electrons. The van der Waals surface area contributed by atoms with Crippen LogP contribution >= 0.6 is 15.9 Å². The zero-order valence-corrected chi connectivity index (χ0v) is 9.11. The predicted molar refractivity (Wildman–Crippen MR) is 57.4 cm³/mol. The predicted octanol–water partition coefficient (Wildman–Crippen LogP) is 2.39. The number of nitrogens with zero attached hydrogens (tertiary/aromatic N) is 3. The summed E-state index contributed by atoms with van der Waals surface area (Å²) in [4.78, 5) is 0. The molecule has 5 heteroatoms. The van der Waals surface area contributed by atoms with Crippen molar-refractivity contribution in [3.05, 3.63) is 33.8 Å². The highest BCUT2D eigenvalue weighted by Gasteiger charge is 2.18. The normalized spacial score (nSPS) is 19.4. The fraction of sp³-hybridized carbons (Fsp3) is 0.111. The lowest BCUT2D eigenvalue weighted by molar-refractivity contribution is 0.392. The molecular formula is C9H8BrN3O. The molecule has 0 saturated carbocycles. The van der Waals surface area contributed by atoms with E-state index in [2.05, 4.69) is 27.7 Å². The minimum atomic E-state index is 0.0544. The minimum Gasteiger partial charge on any atom is -0.506 e. The summed E-state index contributed by atoms with van der Waals surface area (Å²) in [6.45, 7) is 5.01. The third-order valence-electron chi connectivity index (χ3n) is 1.66. The second-order valence-electron chi connectivity index (χ2n) is 2.62. The fourth-order valence-corrected chi connectivity index (χ4v) is 1.76. The van der Waals surface area contributed by atoms with E-state index in [0.29, 0.717) is 15.8 Å². The topological polar surface area (TPSA) is 59.6 Å². The summed E-state index contributed by atoms with van der Waals surface area (Å²) < 4.78 is 0.601. The van der Waals surface area contributed by atoms with E-state index in [1.807, 2.05) is 6.07 Å². The molecule has 1 heterocycles. The number of hydrazone groups is 1. The van der Waals surface area contributed by atoms with Crippen molar-refractivity contribution < 1.29 is 5.11 Å². The van der Waals surface area contributed by atoms with E-state index in [-0.39, 0.29) is 5.76 Å². The van der Waals surface area contributed by atoms with Gasteiger partial charge in [0.25, 0.3) is 0 Å². The number of aliphatic hydroxyl groups excluding tert-OH is 1. The molecule has 0 aromatic rings. The lowest BCUT2D eigenvalue weighted by atomic mass is 10.2. The Hall–Kier alpha value is -1.54. The molecule has 4 nitrogen and oxygen atoms in total. The van der Waals surface area contributed by atoms with Crippen molar-refractivity contribution in [3.63, 3.8) is 0 Å². The number of aliphatic hydroxyl groups is 1. The van der Waals surface area contributed by atoms with Gasteiger partial charge >= 0.3 is 0 Å². The third kappa shape index (κ3) is 1.86. The van der Waals surface area contributed by atoms with E-state index in [0.717, 1.165) is 0 Å². The average Bonchev–Trinajstić information content (AvgIpc) is 2.15. The highest BCUT2D eigenvalue weighted by atomic mass is 79.9. The summed E-state index contributed by atoms with van der Waals surface area (Å²) in [7, 11) is 0. The molecule has 0 amide bonds. The summed E-state index contributed by atoms with van der Waals surface area (Å²) in [5, 5.41) is 23.0. The van der Waals surface area contributed by atoms with Gasteiger partial charge in [-0.25, -0.2) is 5.01 Å².